The second kappa shape index (κ2) is 5.64. The Morgan fingerprint density at radius 2 is 2.00 bits per heavy atom. The maximum atomic E-state index is 4.48. The second-order valence-electron chi connectivity index (χ2n) is 3.79. The Hall–Kier alpha value is -1.38. The van der Waals surface area contributed by atoms with Gasteiger partial charge in [0.05, 0.1) is 0 Å². The number of rotatable bonds is 2. The van der Waals surface area contributed by atoms with E-state index in [1.54, 1.807) is 0 Å². The van der Waals surface area contributed by atoms with Crippen LogP contribution in [0.1, 0.15) is 51.4 Å². The van der Waals surface area contributed by atoms with Crippen LogP contribution in [0, 0.1) is 6.92 Å². The highest BCUT2D eigenvalue weighted by Gasteiger charge is 2.09. The van der Waals surface area contributed by atoms with Crippen LogP contribution in [0.15, 0.2) is 18.3 Å². The van der Waals surface area contributed by atoms with Gasteiger partial charge in [0, 0.05) is 12.1 Å². The lowest BCUT2D eigenvalue weighted by molar-refractivity contribution is 0.676. The van der Waals surface area contributed by atoms with Crippen LogP contribution in [0.4, 0.5) is 0 Å². The summed E-state index contributed by atoms with van der Waals surface area (Å²) in [5.74, 6) is 1.38. The zero-order valence-corrected chi connectivity index (χ0v) is 10.9. The lowest BCUT2D eigenvalue weighted by Crippen LogP contribution is -1.94. The zero-order valence-electron chi connectivity index (χ0n) is 10.9. The number of aromatic nitrogens is 3. The summed E-state index contributed by atoms with van der Waals surface area (Å²) < 4.78 is 1.86. The van der Waals surface area contributed by atoms with Crippen molar-refractivity contribution in [1.29, 1.82) is 0 Å². The molecule has 2 aromatic heterocycles. The Kier molecular flexibility index (Phi) is 4.47. The Balaban J connectivity index is 0.000000606. The predicted octanol–water partition coefficient (Wildman–Crippen LogP) is 3.58. The summed E-state index contributed by atoms with van der Waals surface area (Å²) in [7, 11) is 0. The fourth-order valence-electron chi connectivity index (χ4n) is 1.39. The first-order chi connectivity index (χ1) is 7.70. The first kappa shape index (κ1) is 12.7. The summed E-state index contributed by atoms with van der Waals surface area (Å²) >= 11 is 0. The number of aryl methyl sites for hydroxylation is 1. The van der Waals surface area contributed by atoms with Crippen LogP contribution in [0.25, 0.3) is 5.65 Å². The molecule has 1 atom stereocenters. The molecule has 0 fully saturated rings. The van der Waals surface area contributed by atoms with Crippen molar-refractivity contribution in [1.82, 2.24) is 14.6 Å². The molecule has 0 saturated carbocycles. The number of pyridine rings is 1. The van der Waals surface area contributed by atoms with Crippen molar-refractivity contribution >= 4 is 5.65 Å². The van der Waals surface area contributed by atoms with Gasteiger partial charge in [-0.1, -0.05) is 33.8 Å². The molecule has 16 heavy (non-hydrogen) atoms. The standard InChI is InChI=1S/C11H15N3.C2H6/c1-4-9(3)11-12-10-6-5-8(2)7-14(10)13-11;1-2/h5-7,9H,4H2,1-3H3;1-2H3. The van der Waals surface area contributed by atoms with Gasteiger partial charge in [-0.25, -0.2) is 9.50 Å². The van der Waals surface area contributed by atoms with Gasteiger partial charge in [0.25, 0.3) is 0 Å². The highest BCUT2D eigenvalue weighted by atomic mass is 15.3. The lowest BCUT2D eigenvalue weighted by Gasteiger charge is -1.99. The van der Waals surface area contributed by atoms with Crippen LogP contribution in [-0.4, -0.2) is 14.6 Å². The van der Waals surface area contributed by atoms with E-state index in [4.69, 9.17) is 0 Å². The van der Waals surface area contributed by atoms with Crippen molar-refractivity contribution in [3.05, 3.63) is 29.7 Å². The summed E-state index contributed by atoms with van der Waals surface area (Å²) in [6.07, 6.45) is 3.09. The summed E-state index contributed by atoms with van der Waals surface area (Å²) in [6.45, 7) is 10.4. The molecule has 3 nitrogen and oxygen atoms in total. The van der Waals surface area contributed by atoms with E-state index < -0.39 is 0 Å². The third-order valence-electron chi connectivity index (χ3n) is 2.55. The Morgan fingerprint density at radius 3 is 2.62 bits per heavy atom. The molecule has 0 aliphatic rings. The van der Waals surface area contributed by atoms with Gasteiger partial charge in [-0.05, 0) is 25.0 Å². The van der Waals surface area contributed by atoms with Crippen LogP contribution in [-0.2, 0) is 0 Å². The topological polar surface area (TPSA) is 30.2 Å². The van der Waals surface area contributed by atoms with E-state index in [-0.39, 0.29) is 0 Å². The molecule has 0 aliphatic heterocycles. The summed E-state index contributed by atoms with van der Waals surface area (Å²) in [5, 5.41) is 4.45. The van der Waals surface area contributed by atoms with E-state index in [0.29, 0.717) is 5.92 Å². The number of hydrogen-bond acceptors (Lipinski definition) is 2. The number of fused-ring (bicyclic) bond motifs is 1. The van der Waals surface area contributed by atoms with Crippen LogP contribution in [0.5, 0.6) is 0 Å². The van der Waals surface area contributed by atoms with Crippen molar-refractivity contribution < 1.29 is 0 Å². The van der Waals surface area contributed by atoms with Gasteiger partial charge in [-0.15, -0.1) is 0 Å². The predicted molar refractivity (Wildman–Crippen MR) is 67.8 cm³/mol. The van der Waals surface area contributed by atoms with Crippen LogP contribution in [0.2, 0.25) is 0 Å². The highest BCUT2D eigenvalue weighted by molar-refractivity contribution is 5.38. The first-order valence-corrected chi connectivity index (χ1v) is 6.03. The molecule has 2 heterocycles. The van der Waals surface area contributed by atoms with E-state index >= 15 is 0 Å². The highest BCUT2D eigenvalue weighted by Crippen LogP contribution is 2.15. The number of hydrogen-bond donors (Lipinski definition) is 0. The average Bonchev–Trinajstić information content (AvgIpc) is 2.73. The van der Waals surface area contributed by atoms with Gasteiger partial charge in [-0.3, -0.25) is 0 Å². The second-order valence-corrected chi connectivity index (χ2v) is 3.79. The molecule has 2 aromatic rings. The molecule has 88 valence electrons. The van der Waals surface area contributed by atoms with Gasteiger partial charge in [-0.2, -0.15) is 5.10 Å². The molecule has 0 aromatic carbocycles. The van der Waals surface area contributed by atoms with E-state index in [0.717, 1.165) is 17.9 Å². The largest absolute Gasteiger partial charge is 0.221 e. The maximum absolute atomic E-state index is 4.48. The fourth-order valence-corrected chi connectivity index (χ4v) is 1.39. The smallest absolute Gasteiger partial charge is 0.155 e. The van der Waals surface area contributed by atoms with Gasteiger partial charge >= 0.3 is 0 Å². The molecule has 0 aliphatic carbocycles. The molecule has 2 rings (SSSR count). The molecular weight excluding hydrogens is 198 g/mol. The summed E-state index contributed by atoms with van der Waals surface area (Å²) in [4.78, 5) is 4.48. The molecular formula is C13H21N3. The third-order valence-corrected chi connectivity index (χ3v) is 2.55. The minimum atomic E-state index is 0.440. The van der Waals surface area contributed by atoms with Gasteiger partial charge in [0.2, 0.25) is 0 Å². The van der Waals surface area contributed by atoms with Crippen molar-refractivity contribution in [3.63, 3.8) is 0 Å². The van der Waals surface area contributed by atoms with E-state index in [9.17, 15) is 0 Å². The molecule has 0 bridgehead atoms. The first-order valence-electron chi connectivity index (χ1n) is 6.03. The van der Waals surface area contributed by atoms with Gasteiger partial charge in [0.15, 0.2) is 11.5 Å². The molecule has 0 saturated heterocycles. The maximum Gasteiger partial charge on any atom is 0.155 e. The SMILES string of the molecule is CC.CCC(C)c1nc2ccc(C)cn2n1. The van der Waals surface area contributed by atoms with E-state index in [2.05, 4.69) is 36.9 Å². The lowest BCUT2D eigenvalue weighted by atomic mass is 10.1. The van der Waals surface area contributed by atoms with Crippen molar-refractivity contribution in [3.8, 4) is 0 Å². The van der Waals surface area contributed by atoms with Gasteiger partial charge < -0.3 is 0 Å². The van der Waals surface area contributed by atoms with E-state index in [1.807, 2.05) is 30.6 Å². The van der Waals surface area contributed by atoms with Crippen molar-refractivity contribution in [2.45, 2.75) is 47.0 Å². The molecule has 0 radical (unpaired) electrons. The Bertz CT molecular complexity index is 445. The quantitative estimate of drug-likeness (QED) is 0.772. The fraction of sp³-hybridized carbons (Fsp3) is 0.538. The molecule has 0 spiro atoms. The molecule has 3 heteroatoms. The minimum absolute atomic E-state index is 0.440. The van der Waals surface area contributed by atoms with Crippen molar-refractivity contribution in [2.24, 2.45) is 0 Å². The van der Waals surface area contributed by atoms with E-state index in [1.165, 1.54) is 5.56 Å². The third kappa shape index (κ3) is 2.60. The molecule has 1 unspecified atom stereocenters. The molecule has 0 amide bonds. The zero-order chi connectivity index (χ0) is 12.1. The Labute approximate surface area is 97.5 Å². The molecule has 0 N–H and O–H groups in total. The van der Waals surface area contributed by atoms with Crippen LogP contribution >= 0.6 is 0 Å². The average molecular weight is 219 g/mol. The van der Waals surface area contributed by atoms with Crippen LogP contribution < -0.4 is 0 Å². The number of nitrogens with zero attached hydrogens (tertiary/aromatic N) is 3. The van der Waals surface area contributed by atoms with Crippen molar-refractivity contribution in [2.75, 3.05) is 0 Å². The normalized spacial score (nSPS) is 12.1. The minimum Gasteiger partial charge on any atom is -0.221 e. The van der Waals surface area contributed by atoms with Crippen LogP contribution in [0.3, 0.4) is 0 Å². The summed E-state index contributed by atoms with van der Waals surface area (Å²) in [6, 6.07) is 4.07. The van der Waals surface area contributed by atoms with Gasteiger partial charge in [0.1, 0.15) is 0 Å². The Morgan fingerprint density at radius 1 is 1.31 bits per heavy atom. The monoisotopic (exact) mass is 219 g/mol. The summed E-state index contributed by atoms with van der Waals surface area (Å²) in [5.41, 5.74) is 2.14.